The zero-order chi connectivity index (χ0) is 22.5. The molecule has 2 N–H and O–H groups in total. The molecule has 8 nitrogen and oxygen atoms in total. The Morgan fingerprint density at radius 1 is 1.09 bits per heavy atom. The maximum Gasteiger partial charge on any atom is 0.238 e. The molecule has 0 unspecified atom stereocenters. The summed E-state index contributed by atoms with van der Waals surface area (Å²) in [7, 11) is 0. The summed E-state index contributed by atoms with van der Waals surface area (Å²) in [5.74, 6) is 0.327. The van der Waals surface area contributed by atoms with Gasteiger partial charge in [-0.2, -0.15) is 0 Å². The maximum atomic E-state index is 12.5. The molecule has 2 fully saturated rings. The smallest absolute Gasteiger partial charge is 0.238 e. The van der Waals surface area contributed by atoms with E-state index in [9.17, 15) is 14.4 Å². The molecule has 3 amide bonds. The highest BCUT2D eigenvalue weighted by molar-refractivity contribution is 6.30. The summed E-state index contributed by atoms with van der Waals surface area (Å²) in [6.45, 7) is 2.32. The SMILES string of the molecule is O=C(CN1CCC(C(=O)Nc2ccc(Cl)cn2)CC1)Nc1cccc(N2CCCC2=O)c1. The van der Waals surface area contributed by atoms with Crippen LogP contribution < -0.4 is 15.5 Å². The monoisotopic (exact) mass is 455 g/mol. The molecule has 1 aromatic carbocycles. The highest BCUT2D eigenvalue weighted by Gasteiger charge is 2.26. The molecule has 1 aromatic heterocycles. The predicted molar refractivity (Wildman–Crippen MR) is 124 cm³/mol. The van der Waals surface area contributed by atoms with E-state index in [1.807, 2.05) is 29.2 Å². The molecule has 9 heteroatoms. The topological polar surface area (TPSA) is 94.6 Å². The van der Waals surface area contributed by atoms with E-state index in [1.165, 1.54) is 6.20 Å². The van der Waals surface area contributed by atoms with E-state index < -0.39 is 0 Å². The Kier molecular flexibility index (Phi) is 7.02. The van der Waals surface area contributed by atoms with Crippen LogP contribution in [0.4, 0.5) is 17.2 Å². The molecule has 0 spiro atoms. The molecular weight excluding hydrogens is 430 g/mol. The number of piperidine rings is 1. The number of benzene rings is 1. The number of amides is 3. The number of pyridine rings is 1. The van der Waals surface area contributed by atoms with Crippen LogP contribution in [0.2, 0.25) is 5.02 Å². The molecule has 2 aliphatic rings. The van der Waals surface area contributed by atoms with E-state index in [1.54, 1.807) is 17.0 Å². The summed E-state index contributed by atoms with van der Waals surface area (Å²) in [4.78, 5) is 44.9. The third-order valence-electron chi connectivity index (χ3n) is 5.82. The van der Waals surface area contributed by atoms with Crippen LogP contribution in [-0.4, -0.2) is 53.8 Å². The van der Waals surface area contributed by atoms with Gasteiger partial charge in [0, 0.05) is 36.5 Å². The first-order valence-electron chi connectivity index (χ1n) is 10.8. The van der Waals surface area contributed by atoms with Gasteiger partial charge in [-0.1, -0.05) is 17.7 Å². The number of likely N-dealkylation sites (tertiary alicyclic amines) is 1. The van der Waals surface area contributed by atoms with Crippen molar-refractivity contribution >= 4 is 46.5 Å². The Balaban J connectivity index is 1.23. The average Bonchev–Trinajstić information content (AvgIpc) is 3.22. The van der Waals surface area contributed by atoms with Crippen LogP contribution >= 0.6 is 11.6 Å². The second-order valence-electron chi connectivity index (χ2n) is 8.15. The van der Waals surface area contributed by atoms with Crippen molar-refractivity contribution in [1.82, 2.24) is 9.88 Å². The van der Waals surface area contributed by atoms with Gasteiger partial charge >= 0.3 is 0 Å². The molecule has 4 rings (SSSR count). The Morgan fingerprint density at radius 3 is 2.59 bits per heavy atom. The van der Waals surface area contributed by atoms with Crippen LogP contribution in [0.15, 0.2) is 42.6 Å². The lowest BCUT2D eigenvalue weighted by molar-refractivity contribution is -0.121. The molecule has 0 atom stereocenters. The van der Waals surface area contributed by atoms with Gasteiger partial charge in [-0.25, -0.2) is 4.98 Å². The van der Waals surface area contributed by atoms with Gasteiger partial charge in [-0.3, -0.25) is 19.3 Å². The third-order valence-corrected chi connectivity index (χ3v) is 6.04. The number of carbonyl (C=O) groups is 3. The number of halogens is 1. The molecule has 2 aliphatic heterocycles. The standard InChI is InChI=1S/C23H26ClN5O3/c24-17-6-7-20(25-14-17)27-23(32)16-8-11-28(12-9-16)15-21(30)26-18-3-1-4-19(13-18)29-10-2-5-22(29)31/h1,3-4,6-7,13-14,16H,2,5,8-12,15H2,(H,26,30)(H,25,27,32). The van der Waals surface area contributed by atoms with Crippen molar-refractivity contribution in [1.29, 1.82) is 0 Å². The van der Waals surface area contributed by atoms with E-state index in [2.05, 4.69) is 15.6 Å². The predicted octanol–water partition coefficient (Wildman–Crippen LogP) is 3.15. The van der Waals surface area contributed by atoms with Crippen molar-refractivity contribution < 1.29 is 14.4 Å². The molecule has 3 heterocycles. The summed E-state index contributed by atoms with van der Waals surface area (Å²) < 4.78 is 0. The number of aromatic nitrogens is 1. The number of carbonyl (C=O) groups excluding carboxylic acids is 3. The van der Waals surface area contributed by atoms with Crippen molar-refractivity contribution in [3.63, 3.8) is 0 Å². The van der Waals surface area contributed by atoms with Gasteiger partial charge in [0.2, 0.25) is 17.7 Å². The fourth-order valence-electron chi connectivity index (χ4n) is 4.11. The van der Waals surface area contributed by atoms with Crippen LogP contribution in [-0.2, 0) is 14.4 Å². The van der Waals surface area contributed by atoms with Crippen molar-refractivity contribution in [3.05, 3.63) is 47.6 Å². The number of hydrogen-bond donors (Lipinski definition) is 2. The number of anilines is 3. The Labute approximate surface area is 191 Å². The first-order valence-corrected chi connectivity index (χ1v) is 11.2. The van der Waals surface area contributed by atoms with Gasteiger partial charge < -0.3 is 15.5 Å². The molecule has 32 heavy (non-hydrogen) atoms. The number of nitrogens with one attached hydrogen (secondary N) is 2. The summed E-state index contributed by atoms with van der Waals surface area (Å²) in [5, 5.41) is 6.27. The van der Waals surface area contributed by atoms with E-state index in [0.29, 0.717) is 55.4 Å². The first kappa shape index (κ1) is 22.2. The van der Waals surface area contributed by atoms with Gasteiger partial charge in [-0.05, 0) is 62.7 Å². The summed E-state index contributed by atoms with van der Waals surface area (Å²) >= 11 is 5.82. The second kappa shape index (κ2) is 10.1. The van der Waals surface area contributed by atoms with Crippen molar-refractivity contribution in [3.8, 4) is 0 Å². The minimum atomic E-state index is -0.110. The van der Waals surface area contributed by atoms with Gasteiger partial charge in [0.1, 0.15) is 5.82 Å². The van der Waals surface area contributed by atoms with Gasteiger partial charge in [0.25, 0.3) is 0 Å². The van der Waals surface area contributed by atoms with Crippen molar-refractivity contribution in [2.24, 2.45) is 5.92 Å². The Morgan fingerprint density at radius 2 is 1.91 bits per heavy atom. The lowest BCUT2D eigenvalue weighted by Gasteiger charge is -2.30. The molecular formula is C23H26ClN5O3. The maximum absolute atomic E-state index is 12.5. The summed E-state index contributed by atoms with van der Waals surface area (Å²) in [6, 6.07) is 10.7. The van der Waals surface area contributed by atoms with Crippen LogP contribution in [0.3, 0.4) is 0 Å². The largest absolute Gasteiger partial charge is 0.325 e. The lowest BCUT2D eigenvalue weighted by Crippen LogP contribution is -2.41. The van der Waals surface area contributed by atoms with Gasteiger partial charge in [0.05, 0.1) is 11.6 Å². The highest BCUT2D eigenvalue weighted by atomic mass is 35.5. The van der Waals surface area contributed by atoms with Gasteiger partial charge in [-0.15, -0.1) is 0 Å². The van der Waals surface area contributed by atoms with Crippen LogP contribution in [0.1, 0.15) is 25.7 Å². The van der Waals surface area contributed by atoms with E-state index in [-0.39, 0.29) is 30.2 Å². The lowest BCUT2D eigenvalue weighted by atomic mass is 9.96. The number of hydrogen-bond acceptors (Lipinski definition) is 5. The molecule has 0 aliphatic carbocycles. The van der Waals surface area contributed by atoms with E-state index in [4.69, 9.17) is 11.6 Å². The summed E-state index contributed by atoms with van der Waals surface area (Å²) in [6.07, 6.45) is 4.29. The normalized spacial score (nSPS) is 17.4. The zero-order valence-electron chi connectivity index (χ0n) is 17.7. The highest BCUT2D eigenvalue weighted by Crippen LogP contribution is 2.24. The van der Waals surface area contributed by atoms with E-state index in [0.717, 1.165) is 12.1 Å². The molecule has 0 radical (unpaired) electrons. The minimum absolute atomic E-state index is 0.0581. The third kappa shape index (κ3) is 5.63. The number of nitrogens with zero attached hydrogens (tertiary/aromatic N) is 3. The first-order chi connectivity index (χ1) is 15.5. The molecule has 2 saturated heterocycles. The van der Waals surface area contributed by atoms with Crippen molar-refractivity contribution in [2.75, 3.05) is 41.7 Å². The second-order valence-corrected chi connectivity index (χ2v) is 8.59. The summed E-state index contributed by atoms with van der Waals surface area (Å²) in [5.41, 5.74) is 1.49. The van der Waals surface area contributed by atoms with Crippen molar-refractivity contribution in [2.45, 2.75) is 25.7 Å². The fraction of sp³-hybridized carbons (Fsp3) is 0.391. The van der Waals surface area contributed by atoms with E-state index >= 15 is 0 Å². The fourth-order valence-corrected chi connectivity index (χ4v) is 4.22. The zero-order valence-corrected chi connectivity index (χ0v) is 18.5. The van der Waals surface area contributed by atoms with Crippen LogP contribution in [0.5, 0.6) is 0 Å². The quantitative estimate of drug-likeness (QED) is 0.697. The Bertz CT molecular complexity index is 989. The molecule has 2 aromatic rings. The average molecular weight is 456 g/mol. The minimum Gasteiger partial charge on any atom is -0.325 e. The van der Waals surface area contributed by atoms with Gasteiger partial charge in [0.15, 0.2) is 0 Å². The Hall–Kier alpha value is -2.97. The molecule has 0 bridgehead atoms. The van der Waals surface area contributed by atoms with Crippen LogP contribution in [0.25, 0.3) is 0 Å². The number of rotatable bonds is 6. The van der Waals surface area contributed by atoms with Crippen LogP contribution in [0, 0.1) is 5.92 Å². The molecule has 0 saturated carbocycles. The molecule has 168 valence electrons.